The van der Waals surface area contributed by atoms with Gasteiger partial charge in [0.15, 0.2) is 0 Å². The van der Waals surface area contributed by atoms with E-state index in [0.29, 0.717) is 0 Å². The smallest absolute Gasteiger partial charge is 0.142 e. The summed E-state index contributed by atoms with van der Waals surface area (Å²) in [6.07, 6.45) is 13.4. The largest absolute Gasteiger partial charge is 0.226 e. The van der Waals surface area contributed by atoms with E-state index in [2.05, 4.69) is 6.92 Å². The van der Waals surface area contributed by atoms with Crippen molar-refractivity contribution >= 4 is 0 Å². The van der Waals surface area contributed by atoms with Crippen LogP contribution in [0, 0.1) is 58.7 Å². The lowest BCUT2D eigenvalue weighted by molar-refractivity contribution is -0.596. The predicted molar refractivity (Wildman–Crippen MR) is 88.7 cm³/mol. The van der Waals surface area contributed by atoms with Crippen molar-refractivity contribution in [3.8, 4) is 0 Å². The zero-order chi connectivity index (χ0) is 15.5. The number of hydrogen-bond donors (Lipinski definition) is 0. The standard InChI is InChI=1S/C22H30O2/c1-11-2-12-3-13-4-16(8-19(12)13)21(11)22(24-23-21)17-6-14-5-15-7-18(22)10-20(14,15)9-17/h11-19H,2-10H2,1H3. The summed E-state index contributed by atoms with van der Waals surface area (Å²) in [6.45, 7) is 2.55. The zero-order valence-electron chi connectivity index (χ0n) is 14.9. The van der Waals surface area contributed by atoms with E-state index in [1.165, 1.54) is 51.4 Å². The van der Waals surface area contributed by atoms with E-state index in [-0.39, 0.29) is 11.2 Å². The van der Waals surface area contributed by atoms with Crippen molar-refractivity contribution in [1.29, 1.82) is 0 Å². The first-order chi connectivity index (χ1) is 11.7. The van der Waals surface area contributed by atoms with Gasteiger partial charge in [-0.1, -0.05) is 6.92 Å². The summed E-state index contributed by atoms with van der Waals surface area (Å²) in [4.78, 5) is 12.8. The van der Waals surface area contributed by atoms with Crippen LogP contribution in [0.15, 0.2) is 0 Å². The minimum absolute atomic E-state index is 0.109. The number of rotatable bonds is 0. The first-order valence-electron chi connectivity index (χ1n) is 11.0. The Morgan fingerprint density at radius 2 is 1.29 bits per heavy atom. The fourth-order valence-corrected chi connectivity index (χ4v) is 11.0. The molecule has 0 N–H and O–H groups in total. The average Bonchev–Trinajstić information content (AvgIpc) is 3.02. The summed E-state index contributed by atoms with van der Waals surface area (Å²) < 4.78 is 0. The van der Waals surface area contributed by atoms with Crippen molar-refractivity contribution in [2.45, 2.75) is 75.9 Å². The Hall–Kier alpha value is -0.0800. The maximum atomic E-state index is 6.41. The lowest BCUT2D eigenvalue weighted by atomic mass is 9.51. The van der Waals surface area contributed by atoms with Crippen LogP contribution in [0.5, 0.6) is 0 Å². The summed E-state index contributed by atoms with van der Waals surface area (Å²) in [6, 6.07) is 0. The molecule has 10 unspecified atom stereocenters. The molecule has 7 aliphatic carbocycles. The molecule has 8 rings (SSSR count). The molecule has 10 atom stereocenters. The van der Waals surface area contributed by atoms with Crippen LogP contribution in [0.25, 0.3) is 0 Å². The van der Waals surface area contributed by atoms with Crippen LogP contribution in [0.2, 0.25) is 0 Å². The van der Waals surface area contributed by atoms with Crippen LogP contribution in [0.1, 0.15) is 64.7 Å². The molecule has 130 valence electrons. The molecule has 24 heavy (non-hydrogen) atoms. The van der Waals surface area contributed by atoms with E-state index >= 15 is 0 Å². The quantitative estimate of drug-likeness (QED) is 0.606. The molecule has 0 aromatic heterocycles. The van der Waals surface area contributed by atoms with Crippen molar-refractivity contribution < 1.29 is 9.78 Å². The maximum Gasteiger partial charge on any atom is 0.142 e. The second kappa shape index (κ2) is 3.52. The van der Waals surface area contributed by atoms with Crippen LogP contribution in [0.3, 0.4) is 0 Å². The van der Waals surface area contributed by atoms with Gasteiger partial charge < -0.3 is 0 Å². The Bertz CT molecular complexity index is 620. The predicted octanol–water partition coefficient (Wildman–Crippen LogP) is 4.58. The summed E-state index contributed by atoms with van der Waals surface area (Å²) in [7, 11) is 0. The lowest BCUT2D eigenvalue weighted by Gasteiger charge is -2.67. The molecule has 2 nitrogen and oxygen atoms in total. The summed E-state index contributed by atoms with van der Waals surface area (Å²) in [5.41, 5.74) is 1.03. The third-order valence-corrected chi connectivity index (χ3v) is 11.7. The van der Waals surface area contributed by atoms with Gasteiger partial charge in [-0.3, -0.25) is 0 Å². The first kappa shape index (κ1) is 13.1. The SMILES string of the molecule is CC1CC2CC3CC(CC23)C12OOC21C2CC3CC4CC1CC34C2. The first-order valence-corrected chi connectivity index (χ1v) is 11.0. The Balaban J connectivity index is 1.30. The zero-order valence-corrected chi connectivity index (χ0v) is 14.9. The second-order valence-electron chi connectivity index (χ2n) is 11.6. The number of hydrogen-bond acceptors (Lipinski definition) is 2. The highest BCUT2D eigenvalue weighted by Gasteiger charge is 2.84. The van der Waals surface area contributed by atoms with Gasteiger partial charge in [-0.05, 0) is 116 Å². The third-order valence-electron chi connectivity index (χ3n) is 11.7. The topological polar surface area (TPSA) is 18.5 Å². The highest BCUT2D eigenvalue weighted by atomic mass is 17.3. The summed E-state index contributed by atoms with van der Waals surface area (Å²) in [5, 5.41) is 0. The summed E-state index contributed by atoms with van der Waals surface area (Å²) in [5.74, 6) is 8.45. The molecule has 7 saturated carbocycles. The van der Waals surface area contributed by atoms with Gasteiger partial charge in [0, 0.05) is 0 Å². The molecule has 0 aromatic carbocycles. The van der Waals surface area contributed by atoms with Gasteiger partial charge in [-0.25, -0.2) is 9.78 Å². The van der Waals surface area contributed by atoms with Crippen LogP contribution in [-0.4, -0.2) is 11.2 Å². The van der Waals surface area contributed by atoms with Crippen molar-refractivity contribution in [1.82, 2.24) is 0 Å². The van der Waals surface area contributed by atoms with Crippen molar-refractivity contribution in [2.24, 2.45) is 58.7 Å². The molecule has 2 heteroatoms. The van der Waals surface area contributed by atoms with Crippen LogP contribution >= 0.6 is 0 Å². The fraction of sp³-hybridized carbons (Fsp3) is 1.00. The van der Waals surface area contributed by atoms with Gasteiger partial charge in [0.05, 0.1) is 0 Å². The highest BCUT2D eigenvalue weighted by Crippen LogP contribution is 2.83. The average molecular weight is 326 g/mol. The molecule has 0 amide bonds. The van der Waals surface area contributed by atoms with E-state index in [1.54, 1.807) is 6.42 Å². The monoisotopic (exact) mass is 326 g/mol. The molecule has 5 bridgehead atoms. The molecular weight excluding hydrogens is 296 g/mol. The second-order valence-corrected chi connectivity index (χ2v) is 11.6. The molecule has 3 spiro atoms. The molecule has 8 aliphatic rings. The van der Waals surface area contributed by atoms with Crippen LogP contribution in [0.4, 0.5) is 0 Å². The molecule has 1 saturated heterocycles. The van der Waals surface area contributed by atoms with E-state index in [9.17, 15) is 0 Å². The van der Waals surface area contributed by atoms with Gasteiger partial charge in [0.25, 0.3) is 0 Å². The third kappa shape index (κ3) is 1.00. The van der Waals surface area contributed by atoms with Crippen LogP contribution < -0.4 is 0 Å². The minimum atomic E-state index is 0.109. The number of fused-ring (bicyclic) bond motifs is 7. The summed E-state index contributed by atoms with van der Waals surface area (Å²) >= 11 is 0. The van der Waals surface area contributed by atoms with Crippen molar-refractivity contribution in [3.05, 3.63) is 0 Å². The van der Waals surface area contributed by atoms with Crippen molar-refractivity contribution in [2.75, 3.05) is 0 Å². The highest BCUT2D eigenvalue weighted by molar-refractivity contribution is 5.30. The van der Waals surface area contributed by atoms with Crippen LogP contribution in [-0.2, 0) is 9.78 Å². The molecule has 1 aliphatic heterocycles. The fourth-order valence-electron chi connectivity index (χ4n) is 11.0. The van der Waals surface area contributed by atoms with Gasteiger partial charge in [-0.15, -0.1) is 0 Å². The Labute approximate surface area is 145 Å². The van der Waals surface area contributed by atoms with E-state index in [0.717, 1.165) is 58.7 Å². The molecule has 1 heterocycles. The minimum Gasteiger partial charge on any atom is -0.226 e. The molecule has 8 fully saturated rings. The van der Waals surface area contributed by atoms with Gasteiger partial charge in [0.2, 0.25) is 0 Å². The Morgan fingerprint density at radius 3 is 2.00 bits per heavy atom. The van der Waals surface area contributed by atoms with Gasteiger partial charge in [-0.2, -0.15) is 0 Å². The van der Waals surface area contributed by atoms with Gasteiger partial charge >= 0.3 is 0 Å². The van der Waals surface area contributed by atoms with E-state index < -0.39 is 0 Å². The van der Waals surface area contributed by atoms with E-state index in [1.807, 2.05) is 0 Å². The molecule has 0 aromatic rings. The molecule has 0 radical (unpaired) electrons. The Kier molecular flexibility index (Phi) is 1.93. The normalized spacial score (nSPS) is 75.6. The lowest BCUT2D eigenvalue weighted by Crippen LogP contribution is -2.78. The Morgan fingerprint density at radius 1 is 0.625 bits per heavy atom. The van der Waals surface area contributed by atoms with Gasteiger partial charge in [0.1, 0.15) is 11.2 Å². The van der Waals surface area contributed by atoms with Crippen molar-refractivity contribution in [3.63, 3.8) is 0 Å². The van der Waals surface area contributed by atoms with E-state index in [4.69, 9.17) is 9.78 Å². The molecular formula is C22H30O2. The maximum absolute atomic E-state index is 6.41.